The minimum atomic E-state index is -3.49. The van der Waals surface area contributed by atoms with Crippen molar-refractivity contribution in [3.8, 4) is 11.1 Å². The van der Waals surface area contributed by atoms with Crippen LogP contribution in [0.15, 0.2) is 83.8 Å². The van der Waals surface area contributed by atoms with Crippen LogP contribution in [0.1, 0.15) is 0 Å². The maximum Gasteiger partial charge on any atom is 0.243 e. The Balaban J connectivity index is 1.48. The molecule has 0 bridgehead atoms. The number of sulfonamides is 1. The normalized spacial score (nSPS) is 15.5. The number of hydrogen-bond donors (Lipinski definition) is 1. The van der Waals surface area contributed by atoms with Gasteiger partial charge in [-0.3, -0.25) is 0 Å². The van der Waals surface area contributed by atoms with E-state index in [2.05, 4.69) is 17.0 Å². The fourth-order valence-electron chi connectivity index (χ4n) is 3.51. The Morgan fingerprint density at radius 1 is 0.714 bits per heavy atom. The van der Waals surface area contributed by atoms with Gasteiger partial charge in [-0.1, -0.05) is 42.5 Å². The first-order valence-corrected chi connectivity index (χ1v) is 10.7. The molecule has 0 radical (unpaired) electrons. The molecule has 0 spiro atoms. The number of hydrogen-bond acceptors (Lipinski definition) is 4. The fraction of sp³-hybridized carbons (Fsp3) is 0.182. The van der Waals surface area contributed by atoms with Gasteiger partial charge in [0.15, 0.2) is 0 Å². The first kappa shape index (κ1) is 18.5. The molecule has 0 amide bonds. The molecule has 2 N–H and O–H groups in total. The van der Waals surface area contributed by atoms with Gasteiger partial charge in [0, 0.05) is 37.6 Å². The van der Waals surface area contributed by atoms with Crippen molar-refractivity contribution in [2.24, 2.45) is 0 Å². The second-order valence-corrected chi connectivity index (χ2v) is 8.81. The average Bonchev–Trinajstić information content (AvgIpc) is 2.74. The van der Waals surface area contributed by atoms with E-state index in [1.807, 2.05) is 54.6 Å². The van der Waals surface area contributed by atoms with Gasteiger partial charge in [-0.05, 0) is 47.5 Å². The molecule has 3 aromatic carbocycles. The van der Waals surface area contributed by atoms with Crippen LogP contribution in [0.25, 0.3) is 11.1 Å². The third-order valence-corrected chi connectivity index (χ3v) is 6.98. The molecule has 1 heterocycles. The zero-order valence-electron chi connectivity index (χ0n) is 15.5. The summed E-state index contributed by atoms with van der Waals surface area (Å²) in [5, 5.41) is 0. The lowest BCUT2D eigenvalue weighted by molar-refractivity contribution is 0.385. The van der Waals surface area contributed by atoms with E-state index < -0.39 is 10.0 Å². The number of rotatable bonds is 4. The van der Waals surface area contributed by atoms with Crippen molar-refractivity contribution in [3.63, 3.8) is 0 Å². The molecular formula is C22H23N3O2S. The Morgan fingerprint density at radius 3 is 2.04 bits per heavy atom. The van der Waals surface area contributed by atoms with Gasteiger partial charge >= 0.3 is 0 Å². The Hall–Kier alpha value is -2.83. The predicted octanol–water partition coefficient (Wildman–Crippen LogP) is 3.45. The van der Waals surface area contributed by atoms with Gasteiger partial charge in [-0.15, -0.1) is 0 Å². The van der Waals surface area contributed by atoms with Crippen molar-refractivity contribution in [2.75, 3.05) is 36.8 Å². The quantitative estimate of drug-likeness (QED) is 0.690. The maximum absolute atomic E-state index is 13.0. The molecule has 1 aliphatic heterocycles. The lowest BCUT2D eigenvalue weighted by Gasteiger charge is -2.35. The van der Waals surface area contributed by atoms with E-state index in [1.165, 1.54) is 0 Å². The summed E-state index contributed by atoms with van der Waals surface area (Å²) in [6.07, 6.45) is 0. The molecule has 5 nitrogen and oxygen atoms in total. The highest BCUT2D eigenvalue weighted by Crippen LogP contribution is 2.25. The van der Waals surface area contributed by atoms with Crippen LogP contribution >= 0.6 is 0 Å². The van der Waals surface area contributed by atoms with Crippen molar-refractivity contribution in [1.82, 2.24) is 4.31 Å². The standard InChI is InChI=1S/C22H23N3O2S/c23-20-6-4-5-19(17-20)18-9-11-22(12-10-18)28(26,27)25-15-13-24(14-16-25)21-7-2-1-3-8-21/h1-12,17H,13-16,23H2. The van der Waals surface area contributed by atoms with Crippen molar-refractivity contribution in [3.05, 3.63) is 78.9 Å². The highest BCUT2D eigenvalue weighted by molar-refractivity contribution is 7.89. The second kappa shape index (κ2) is 7.66. The van der Waals surface area contributed by atoms with Crippen LogP contribution in [-0.4, -0.2) is 38.9 Å². The summed E-state index contributed by atoms with van der Waals surface area (Å²) in [5.74, 6) is 0. The molecule has 0 saturated carbocycles. The van der Waals surface area contributed by atoms with Crippen LogP contribution in [0, 0.1) is 0 Å². The lowest BCUT2D eigenvalue weighted by Crippen LogP contribution is -2.48. The highest BCUT2D eigenvalue weighted by Gasteiger charge is 2.28. The van der Waals surface area contributed by atoms with Gasteiger partial charge in [0.2, 0.25) is 10.0 Å². The number of piperazine rings is 1. The van der Waals surface area contributed by atoms with Crippen LogP contribution in [0.2, 0.25) is 0 Å². The molecule has 144 valence electrons. The zero-order valence-corrected chi connectivity index (χ0v) is 16.3. The van der Waals surface area contributed by atoms with Gasteiger partial charge in [-0.2, -0.15) is 4.31 Å². The molecule has 0 aliphatic carbocycles. The number of nitrogen functional groups attached to an aromatic ring is 1. The summed E-state index contributed by atoms with van der Waals surface area (Å²) >= 11 is 0. The molecule has 6 heteroatoms. The van der Waals surface area contributed by atoms with Gasteiger partial charge in [0.1, 0.15) is 0 Å². The molecule has 4 rings (SSSR count). The van der Waals surface area contributed by atoms with Gasteiger partial charge < -0.3 is 10.6 Å². The van der Waals surface area contributed by atoms with E-state index in [9.17, 15) is 8.42 Å². The summed E-state index contributed by atoms with van der Waals surface area (Å²) in [6, 6.07) is 24.7. The Labute approximate surface area is 166 Å². The number of anilines is 2. The van der Waals surface area contributed by atoms with Crippen molar-refractivity contribution in [2.45, 2.75) is 4.90 Å². The molecule has 28 heavy (non-hydrogen) atoms. The smallest absolute Gasteiger partial charge is 0.243 e. The lowest BCUT2D eigenvalue weighted by atomic mass is 10.1. The van der Waals surface area contributed by atoms with E-state index in [0.29, 0.717) is 36.8 Å². The largest absolute Gasteiger partial charge is 0.399 e. The van der Waals surface area contributed by atoms with Gasteiger partial charge in [0.25, 0.3) is 0 Å². The summed E-state index contributed by atoms with van der Waals surface area (Å²) < 4.78 is 27.6. The van der Waals surface area contributed by atoms with Crippen LogP contribution < -0.4 is 10.6 Å². The van der Waals surface area contributed by atoms with Crippen molar-refractivity contribution >= 4 is 21.4 Å². The van der Waals surface area contributed by atoms with Gasteiger partial charge in [-0.25, -0.2) is 8.42 Å². The molecule has 3 aromatic rings. The molecular weight excluding hydrogens is 370 g/mol. The summed E-state index contributed by atoms with van der Waals surface area (Å²) in [7, 11) is -3.49. The average molecular weight is 394 g/mol. The first-order valence-electron chi connectivity index (χ1n) is 9.30. The molecule has 0 aromatic heterocycles. The van der Waals surface area contributed by atoms with Gasteiger partial charge in [0.05, 0.1) is 4.90 Å². The SMILES string of the molecule is Nc1cccc(-c2ccc(S(=O)(=O)N3CCN(c4ccccc4)CC3)cc2)c1. The Kier molecular flexibility index (Phi) is 5.07. The van der Waals surface area contributed by atoms with E-state index in [4.69, 9.17) is 5.73 Å². The first-order chi connectivity index (χ1) is 13.5. The van der Waals surface area contributed by atoms with Crippen LogP contribution in [-0.2, 0) is 10.0 Å². The molecule has 0 unspecified atom stereocenters. The van der Waals surface area contributed by atoms with E-state index >= 15 is 0 Å². The van der Waals surface area contributed by atoms with E-state index in [0.717, 1.165) is 16.8 Å². The topological polar surface area (TPSA) is 66.6 Å². The summed E-state index contributed by atoms with van der Waals surface area (Å²) in [4.78, 5) is 2.54. The second-order valence-electron chi connectivity index (χ2n) is 6.88. The summed E-state index contributed by atoms with van der Waals surface area (Å²) in [6.45, 7) is 2.33. The monoisotopic (exact) mass is 393 g/mol. The van der Waals surface area contributed by atoms with Crippen LogP contribution in [0.5, 0.6) is 0 Å². The number of nitrogens with zero attached hydrogens (tertiary/aromatic N) is 2. The van der Waals surface area contributed by atoms with E-state index in [1.54, 1.807) is 16.4 Å². The molecule has 0 atom stereocenters. The number of nitrogens with two attached hydrogens (primary N) is 1. The molecule has 1 fully saturated rings. The zero-order chi connectivity index (χ0) is 19.6. The fourth-order valence-corrected chi connectivity index (χ4v) is 4.93. The Morgan fingerprint density at radius 2 is 1.39 bits per heavy atom. The van der Waals surface area contributed by atoms with Crippen molar-refractivity contribution < 1.29 is 8.42 Å². The minimum absolute atomic E-state index is 0.327. The third-order valence-electron chi connectivity index (χ3n) is 5.07. The predicted molar refractivity (Wildman–Crippen MR) is 114 cm³/mol. The number of para-hydroxylation sites is 1. The molecule has 1 saturated heterocycles. The highest BCUT2D eigenvalue weighted by atomic mass is 32.2. The molecule has 1 aliphatic rings. The Bertz CT molecular complexity index is 1040. The minimum Gasteiger partial charge on any atom is -0.399 e. The van der Waals surface area contributed by atoms with Crippen LogP contribution in [0.3, 0.4) is 0 Å². The maximum atomic E-state index is 13.0. The van der Waals surface area contributed by atoms with E-state index in [-0.39, 0.29) is 0 Å². The van der Waals surface area contributed by atoms with Crippen molar-refractivity contribution in [1.29, 1.82) is 0 Å². The third kappa shape index (κ3) is 3.74. The summed E-state index contributed by atoms with van der Waals surface area (Å²) in [5.41, 5.74) is 9.57. The number of benzene rings is 3. The van der Waals surface area contributed by atoms with Crippen LogP contribution in [0.4, 0.5) is 11.4 Å².